The van der Waals surface area contributed by atoms with Crippen molar-refractivity contribution in [3.8, 4) is 34.0 Å². The van der Waals surface area contributed by atoms with Gasteiger partial charge in [0.05, 0.1) is 29.6 Å². The van der Waals surface area contributed by atoms with Gasteiger partial charge >= 0.3 is 0 Å². The zero-order valence-corrected chi connectivity index (χ0v) is 21.3. The summed E-state index contributed by atoms with van der Waals surface area (Å²) in [6, 6.07) is 25.7. The van der Waals surface area contributed by atoms with Crippen molar-refractivity contribution < 1.29 is 9.47 Å². The average Bonchev–Trinajstić information content (AvgIpc) is 3.44. The van der Waals surface area contributed by atoms with Crippen molar-refractivity contribution in [2.24, 2.45) is 0 Å². The van der Waals surface area contributed by atoms with E-state index in [1.807, 2.05) is 84.9 Å². The molecule has 0 aliphatic heterocycles. The van der Waals surface area contributed by atoms with E-state index >= 15 is 0 Å². The summed E-state index contributed by atoms with van der Waals surface area (Å²) >= 11 is 1.39. The highest BCUT2D eigenvalue weighted by molar-refractivity contribution is 7.15. The highest BCUT2D eigenvalue weighted by Crippen LogP contribution is 2.33. The van der Waals surface area contributed by atoms with Crippen LogP contribution in [0.4, 0.5) is 0 Å². The molecule has 36 heavy (non-hydrogen) atoms. The van der Waals surface area contributed by atoms with E-state index in [-0.39, 0.29) is 5.56 Å². The van der Waals surface area contributed by atoms with Crippen LogP contribution in [0, 0.1) is 0 Å². The zero-order valence-electron chi connectivity index (χ0n) is 20.4. The maximum Gasteiger partial charge on any atom is 0.274 e. The summed E-state index contributed by atoms with van der Waals surface area (Å²) < 4.78 is 13.8. The lowest BCUT2D eigenvalue weighted by atomic mass is 10.1. The van der Waals surface area contributed by atoms with E-state index < -0.39 is 0 Å². The summed E-state index contributed by atoms with van der Waals surface area (Å²) in [6.07, 6.45) is 5.19. The summed E-state index contributed by atoms with van der Waals surface area (Å²) in [5, 5.41) is 0. The number of benzene rings is 3. The van der Waals surface area contributed by atoms with Gasteiger partial charge in [-0.3, -0.25) is 4.79 Å². The van der Waals surface area contributed by atoms with E-state index in [1.54, 1.807) is 11.5 Å². The third kappa shape index (κ3) is 4.77. The molecule has 0 fully saturated rings. The van der Waals surface area contributed by atoms with Gasteiger partial charge in [0.2, 0.25) is 0 Å². The lowest BCUT2D eigenvalue weighted by molar-refractivity contribution is 0.286. The minimum absolute atomic E-state index is 0.0811. The molecule has 0 atom stereocenters. The second-order valence-electron chi connectivity index (χ2n) is 8.54. The van der Waals surface area contributed by atoms with Gasteiger partial charge in [-0.1, -0.05) is 97.8 Å². The lowest BCUT2D eigenvalue weighted by Gasteiger charge is -2.11. The Morgan fingerprint density at radius 3 is 2.33 bits per heavy atom. The van der Waals surface area contributed by atoms with Gasteiger partial charge in [-0.15, -0.1) is 0 Å². The Hall–Kier alpha value is -3.90. The zero-order chi connectivity index (χ0) is 24.9. The number of rotatable bonds is 9. The molecule has 0 radical (unpaired) electrons. The van der Waals surface area contributed by atoms with Crippen LogP contribution in [0.3, 0.4) is 0 Å². The number of hydrogen-bond donors (Lipinski definition) is 0. The van der Waals surface area contributed by atoms with Crippen molar-refractivity contribution in [2.75, 3.05) is 13.7 Å². The fraction of sp³-hybridized carbons (Fsp3) is 0.200. The standard InChI is InChI=1S/C30H28N2O3S/c1-3-4-11-18-35-24-17-16-21(19-25(24)34-2)20-26-29(33)32-28(23-14-9-6-10-15-23)27(31-30(32)36-26)22-12-7-5-8-13-22/h5-10,12-17,19-20H,3-4,11,18H2,1-2H3. The SMILES string of the molecule is CCCCCOc1ccc(C=c2sc3nc(-c4ccccc4)c(-c4ccccc4)n3c2=O)cc1OC. The largest absolute Gasteiger partial charge is 0.493 e. The lowest BCUT2D eigenvalue weighted by Crippen LogP contribution is -2.23. The summed E-state index contributed by atoms with van der Waals surface area (Å²) in [4.78, 5) is 19.2. The first-order valence-electron chi connectivity index (χ1n) is 12.2. The maximum atomic E-state index is 13.6. The van der Waals surface area contributed by atoms with Gasteiger partial charge in [0.15, 0.2) is 16.5 Å². The number of nitrogens with zero attached hydrogens (tertiary/aromatic N) is 2. The van der Waals surface area contributed by atoms with E-state index in [1.165, 1.54) is 11.3 Å². The second kappa shape index (κ2) is 10.8. The van der Waals surface area contributed by atoms with Crippen molar-refractivity contribution in [1.29, 1.82) is 0 Å². The topological polar surface area (TPSA) is 52.8 Å². The van der Waals surface area contributed by atoms with E-state index in [2.05, 4.69) is 6.92 Å². The van der Waals surface area contributed by atoms with Crippen LogP contribution in [0.25, 0.3) is 33.6 Å². The minimum atomic E-state index is -0.0811. The molecule has 5 nitrogen and oxygen atoms in total. The Kier molecular flexibility index (Phi) is 7.14. The van der Waals surface area contributed by atoms with Gasteiger partial charge < -0.3 is 9.47 Å². The summed E-state index contributed by atoms with van der Waals surface area (Å²) in [6.45, 7) is 2.83. The van der Waals surface area contributed by atoms with Crippen molar-refractivity contribution in [2.45, 2.75) is 26.2 Å². The molecule has 3 aromatic carbocycles. The summed E-state index contributed by atoms with van der Waals surface area (Å²) in [7, 11) is 1.63. The van der Waals surface area contributed by atoms with Crippen LogP contribution in [-0.4, -0.2) is 23.1 Å². The van der Waals surface area contributed by atoms with Gasteiger partial charge in [0, 0.05) is 11.1 Å². The molecule has 6 heteroatoms. The Labute approximate surface area is 214 Å². The molecule has 0 aliphatic carbocycles. The molecule has 2 aromatic heterocycles. The number of aromatic nitrogens is 2. The van der Waals surface area contributed by atoms with Gasteiger partial charge in [-0.25, -0.2) is 9.38 Å². The molecule has 5 aromatic rings. The number of unbranched alkanes of at least 4 members (excludes halogenated alkanes) is 2. The van der Waals surface area contributed by atoms with E-state index in [0.29, 0.717) is 27.6 Å². The predicted octanol–water partition coefficient (Wildman–Crippen LogP) is 6.22. The van der Waals surface area contributed by atoms with E-state index in [4.69, 9.17) is 14.5 Å². The fourth-order valence-corrected chi connectivity index (χ4v) is 5.21. The molecule has 2 heterocycles. The normalized spacial score (nSPS) is 11.8. The predicted molar refractivity (Wildman–Crippen MR) is 147 cm³/mol. The quantitative estimate of drug-likeness (QED) is 0.228. The molecule has 0 saturated heterocycles. The maximum absolute atomic E-state index is 13.6. The number of hydrogen-bond acceptors (Lipinski definition) is 5. The van der Waals surface area contributed by atoms with Crippen molar-refractivity contribution >= 4 is 22.4 Å². The summed E-state index contributed by atoms with van der Waals surface area (Å²) in [5.41, 5.74) is 4.35. The number of imidazole rings is 1. The Bertz CT molecular complexity index is 1570. The monoisotopic (exact) mass is 496 g/mol. The molecule has 0 spiro atoms. The van der Waals surface area contributed by atoms with Gasteiger partial charge in [-0.2, -0.15) is 0 Å². The highest BCUT2D eigenvalue weighted by Gasteiger charge is 2.20. The molecule has 0 amide bonds. The van der Waals surface area contributed by atoms with Crippen LogP contribution in [0.1, 0.15) is 31.7 Å². The number of fused-ring (bicyclic) bond motifs is 1. The van der Waals surface area contributed by atoms with Crippen LogP contribution >= 0.6 is 11.3 Å². The molecule has 0 bridgehead atoms. The van der Waals surface area contributed by atoms with Crippen molar-refractivity contribution in [1.82, 2.24) is 9.38 Å². The first kappa shape index (κ1) is 23.8. The van der Waals surface area contributed by atoms with E-state index in [9.17, 15) is 4.79 Å². The smallest absolute Gasteiger partial charge is 0.274 e. The molecule has 0 unspecified atom stereocenters. The van der Waals surface area contributed by atoms with Crippen LogP contribution < -0.4 is 19.6 Å². The fourth-order valence-electron chi connectivity index (χ4n) is 4.24. The van der Waals surface area contributed by atoms with Crippen molar-refractivity contribution in [3.05, 3.63) is 99.3 Å². The summed E-state index contributed by atoms with van der Waals surface area (Å²) in [5.74, 6) is 1.37. The molecular formula is C30H28N2O3S. The first-order chi connectivity index (χ1) is 17.7. The third-order valence-corrected chi connectivity index (χ3v) is 7.02. The third-order valence-electron chi connectivity index (χ3n) is 6.05. The van der Waals surface area contributed by atoms with Crippen LogP contribution in [0.15, 0.2) is 83.7 Å². The first-order valence-corrected chi connectivity index (χ1v) is 13.0. The molecular weight excluding hydrogens is 468 g/mol. The van der Waals surface area contributed by atoms with Crippen LogP contribution in [0.2, 0.25) is 0 Å². The van der Waals surface area contributed by atoms with Gasteiger partial charge in [-0.05, 0) is 30.2 Å². The average molecular weight is 497 g/mol. The number of ether oxygens (including phenoxy) is 2. The minimum Gasteiger partial charge on any atom is -0.493 e. The van der Waals surface area contributed by atoms with Crippen LogP contribution in [0.5, 0.6) is 11.5 Å². The van der Waals surface area contributed by atoms with Gasteiger partial charge in [0.25, 0.3) is 5.56 Å². The Morgan fingerprint density at radius 1 is 0.917 bits per heavy atom. The van der Waals surface area contributed by atoms with E-state index in [0.717, 1.165) is 47.3 Å². The molecule has 182 valence electrons. The van der Waals surface area contributed by atoms with Crippen LogP contribution in [-0.2, 0) is 0 Å². The molecule has 0 N–H and O–H groups in total. The van der Waals surface area contributed by atoms with Crippen molar-refractivity contribution in [3.63, 3.8) is 0 Å². The number of thiazole rings is 1. The molecule has 5 rings (SSSR count). The number of methoxy groups -OCH3 is 1. The Morgan fingerprint density at radius 2 is 1.64 bits per heavy atom. The Balaban J connectivity index is 1.58. The molecule has 0 saturated carbocycles. The second-order valence-corrected chi connectivity index (χ2v) is 9.55. The van der Waals surface area contributed by atoms with Gasteiger partial charge in [0.1, 0.15) is 0 Å². The molecule has 0 aliphatic rings. The highest BCUT2D eigenvalue weighted by atomic mass is 32.1.